The van der Waals surface area contributed by atoms with Crippen LogP contribution in [-0.4, -0.2) is 31.6 Å². The molecule has 3 N–H and O–H groups in total. The molecule has 21 heavy (non-hydrogen) atoms. The number of nitrogens with zero attached hydrogens (tertiary/aromatic N) is 1. The molecule has 116 valence electrons. The monoisotopic (exact) mass is 289 g/mol. The van der Waals surface area contributed by atoms with E-state index >= 15 is 0 Å². The maximum atomic E-state index is 12.1. The number of nitrogens with one attached hydrogen (secondary N) is 1. The molecule has 0 spiro atoms. The molecule has 0 aromatic heterocycles. The molecule has 0 heterocycles. The third-order valence-electron chi connectivity index (χ3n) is 4.46. The van der Waals surface area contributed by atoms with Crippen molar-refractivity contribution in [1.82, 2.24) is 5.32 Å². The quantitative estimate of drug-likeness (QED) is 0.807. The van der Waals surface area contributed by atoms with Gasteiger partial charge in [-0.05, 0) is 50.8 Å². The highest BCUT2D eigenvalue weighted by atomic mass is 16.1. The Morgan fingerprint density at radius 3 is 2.57 bits per heavy atom. The second-order valence-corrected chi connectivity index (χ2v) is 6.29. The minimum Gasteiger partial charge on any atom is -0.372 e. The summed E-state index contributed by atoms with van der Waals surface area (Å²) in [4.78, 5) is 14.3. The molecule has 1 aromatic carbocycles. The standard InChI is InChI=1S/C17H27N3O/c1-5-19-17(16(18)21,14-7-8-14)11-20(4)15-9-6-12(2)10-13(15)3/h6,9-10,14,19H,5,7-8,11H2,1-4H3,(H2,18,21). The number of rotatable bonds is 7. The van der Waals surface area contributed by atoms with Crippen LogP contribution in [0.15, 0.2) is 18.2 Å². The minimum absolute atomic E-state index is 0.233. The Kier molecular flexibility index (Phi) is 4.57. The van der Waals surface area contributed by atoms with Crippen molar-refractivity contribution in [2.75, 3.05) is 25.0 Å². The molecular weight excluding hydrogens is 262 g/mol. The third kappa shape index (κ3) is 3.21. The lowest BCUT2D eigenvalue weighted by molar-refractivity contribution is -0.124. The van der Waals surface area contributed by atoms with Crippen LogP contribution in [0.5, 0.6) is 0 Å². The zero-order valence-electron chi connectivity index (χ0n) is 13.6. The summed E-state index contributed by atoms with van der Waals surface area (Å²) in [6.07, 6.45) is 2.16. The first kappa shape index (κ1) is 15.8. The van der Waals surface area contributed by atoms with Gasteiger partial charge in [-0.25, -0.2) is 0 Å². The number of benzene rings is 1. The van der Waals surface area contributed by atoms with Gasteiger partial charge in [0.05, 0.1) is 0 Å². The Bertz CT molecular complexity index is 525. The van der Waals surface area contributed by atoms with E-state index in [1.165, 1.54) is 11.1 Å². The number of amides is 1. The minimum atomic E-state index is -0.610. The van der Waals surface area contributed by atoms with Gasteiger partial charge in [-0.2, -0.15) is 0 Å². The maximum Gasteiger partial charge on any atom is 0.239 e. The van der Waals surface area contributed by atoms with Crippen molar-refractivity contribution in [3.8, 4) is 0 Å². The average molecular weight is 289 g/mol. The molecule has 0 aliphatic heterocycles. The zero-order chi connectivity index (χ0) is 15.6. The number of nitrogens with two attached hydrogens (primary N) is 1. The van der Waals surface area contributed by atoms with Crippen molar-refractivity contribution in [3.63, 3.8) is 0 Å². The molecule has 1 aliphatic carbocycles. The fraction of sp³-hybridized carbons (Fsp3) is 0.588. The van der Waals surface area contributed by atoms with Crippen LogP contribution in [0.1, 0.15) is 30.9 Å². The van der Waals surface area contributed by atoms with E-state index in [1.807, 2.05) is 14.0 Å². The highest BCUT2D eigenvalue weighted by Crippen LogP contribution is 2.40. The lowest BCUT2D eigenvalue weighted by atomic mass is 9.91. The Hall–Kier alpha value is -1.55. The summed E-state index contributed by atoms with van der Waals surface area (Å²) in [5.74, 6) is 0.131. The largest absolute Gasteiger partial charge is 0.372 e. The van der Waals surface area contributed by atoms with Crippen LogP contribution in [0.2, 0.25) is 0 Å². The van der Waals surface area contributed by atoms with E-state index in [0.29, 0.717) is 12.5 Å². The molecule has 0 saturated heterocycles. The number of primary amides is 1. The highest BCUT2D eigenvalue weighted by molar-refractivity contribution is 5.86. The first-order chi connectivity index (χ1) is 9.90. The molecule has 4 nitrogen and oxygen atoms in total. The van der Waals surface area contributed by atoms with Crippen LogP contribution in [0, 0.1) is 19.8 Å². The van der Waals surface area contributed by atoms with Gasteiger partial charge in [0, 0.05) is 19.3 Å². The fourth-order valence-electron chi connectivity index (χ4n) is 3.28. The van der Waals surface area contributed by atoms with Crippen LogP contribution in [0.4, 0.5) is 5.69 Å². The number of anilines is 1. The summed E-state index contributed by atoms with van der Waals surface area (Å²) in [7, 11) is 2.04. The number of carbonyl (C=O) groups excluding carboxylic acids is 1. The van der Waals surface area contributed by atoms with Crippen molar-refractivity contribution in [2.45, 2.75) is 39.2 Å². The predicted molar refractivity (Wildman–Crippen MR) is 87.5 cm³/mol. The van der Waals surface area contributed by atoms with Crippen LogP contribution < -0.4 is 16.0 Å². The third-order valence-corrected chi connectivity index (χ3v) is 4.46. The van der Waals surface area contributed by atoms with E-state index in [2.05, 4.69) is 42.3 Å². The van der Waals surface area contributed by atoms with E-state index in [9.17, 15) is 4.79 Å². The Morgan fingerprint density at radius 2 is 2.10 bits per heavy atom. The van der Waals surface area contributed by atoms with Gasteiger partial charge in [-0.3, -0.25) is 4.79 Å². The molecular formula is C17H27N3O. The Balaban J connectivity index is 2.25. The van der Waals surface area contributed by atoms with Crippen LogP contribution in [0.25, 0.3) is 0 Å². The molecule has 1 atom stereocenters. The number of aryl methyl sites for hydroxylation is 2. The predicted octanol–water partition coefficient (Wildman–Crippen LogP) is 1.98. The van der Waals surface area contributed by atoms with Crippen molar-refractivity contribution >= 4 is 11.6 Å². The molecule has 2 rings (SSSR count). The van der Waals surface area contributed by atoms with E-state index in [0.717, 1.165) is 25.1 Å². The van der Waals surface area contributed by atoms with Gasteiger partial charge in [-0.15, -0.1) is 0 Å². The maximum absolute atomic E-state index is 12.1. The molecule has 0 bridgehead atoms. The SMILES string of the molecule is CCNC(CN(C)c1ccc(C)cc1C)(C(N)=O)C1CC1. The van der Waals surface area contributed by atoms with Gasteiger partial charge >= 0.3 is 0 Å². The number of hydrogen-bond acceptors (Lipinski definition) is 3. The second-order valence-electron chi connectivity index (χ2n) is 6.29. The second kappa shape index (κ2) is 6.06. The lowest BCUT2D eigenvalue weighted by Crippen LogP contribution is -2.63. The van der Waals surface area contributed by atoms with Crippen LogP contribution >= 0.6 is 0 Å². The molecule has 1 fully saturated rings. The Morgan fingerprint density at radius 1 is 1.43 bits per heavy atom. The van der Waals surface area contributed by atoms with Gasteiger partial charge in [-0.1, -0.05) is 24.6 Å². The van der Waals surface area contributed by atoms with Crippen LogP contribution in [-0.2, 0) is 4.79 Å². The molecule has 1 aromatic rings. The summed E-state index contributed by atoms with van der Waals surface area (Å²) in [6.45, 7) is 7.59. The van der Waals surface area contributed by atoms with Gasteiger partial charge in [0.1, 0.15) is 5.54 Å². The first-order valence-corrected chi connectivity index (χ1v) is 7.74. The molecule has 1 saturated carbocycles. The highest BCUT2D eigenvalue weighted by Gasteiger charge is 2.50. The summed E-state index contributed by atoms with van der Waals surface area (Å²) in [5, 5.41) is 3.37. The Labute approximate surface area is 127 Å². The van der Waals surface area contributed by atoms with Crippen LogP contribution in [0.3, 0.4) is 0 Å². The van der Waals surface area contributed by atoms with Crippen molar-refractivity contribution in [3.05, 3.63) is 29.3 Å². The van der Waals surface area contributed by atoms with Gasteiger partial charge in [0.15, 0.2) is 0 Å². The summed E-state index contributed by atoms with van der Waals surface area (Å²) >= 11 is 0. The van der Waals surface area contributed by atoms with Gasteiger partial charge < -0.3 is 16.0 Å². The normalized spacial score (nSPS) is 17.3. The summed E-state index contributed by atoms with van der Waals surface area (Å²) in [5.41, 5.74) is 8.78. The lowest BCUT2D eigenvalue weighted by Gasteiger charge is -2.37. The van der Waals surface area contributed by atoms with E-state index < -0.39 is 5.54 Å². The van der Waals surface area contributed by atoms with Crippen molar-refractivity contribution in [2.24, 2.45) is 11.7 Å². The topological polar surface area (TPSA) is 58.4 Å². The molecule has 1 unspecified atom stereocenters. The molecule has 1 amide bonds. The first-order valence-electron chi connectivity index (χ1n) is 7.74. The summed E-state index contributed by atoms with van der Waals surface area (Å²) < 4.78 is 0. The van der Waals surface area contributed by atoms with E-state index in [-0.39, 0.29) is 5.91 Å². The number of carbonyl (C=O) groups is 1. The summed E-state index contributed by atoms with van der Waals surface area (Å²) in [6, 6.07) is 6.40. The zero-order valence-corrected chi connectivity index (χ0v) is 13.6. The number of likely N-dealkylation sites (N-methyl/N-ethyl adjacent to an activating group) is 2. The van der Waals surface area contributed by atoms with Crippen molar-refractivity contribution in [1.29, 1.82) is 0 Å². The number of hydrogen-bond donors (Lipinski definition) is 2. The van der Waals surface area contributed by atoms with E-state index in [1.54, 1.807) is 0 Å². The molecule has 0 radical (unpaired) electrons. The molecule has 4 heteroatoms. The molecule has 1 aliphatic rings. The van der Waals surface area contributed by atoms with Crippen molar-refractivity contribution < 1.29 is 4.79 Å². The van der Waals surface area contributed by atoms with Gasteiger partial charge in [0.25, 0.3) is 0 Å². The van der Waals surface area contributed by atoms with Gasteiger partial charge in [0.2, 0.25) is 5.91 Å². The average Bonchev–Trinajstić information content (AvgIpc) is 3.22. The smallest absolute Gasteiger partial charge is 0.239 e. The van der Waals surface area contributed by atoms with E-state index in [4.69, 9.17) is 5.73 Å². The fourth-order valence-corrected chi connectivity index (χ4v) is 3.28.